The number of alkyl halides is 3. The van der Waals surface area contributed by atoms with E-state index in [1.807, 2.05) is 0 Å². The Hall–Kier alpha value is -2.65. The fourth-order valence-corrected chi connectivity index (χ4v) is 3.63. The minimum atomic E-state index is -4.80. The van der Waals surface area contributed by atoms with Gasteiger partial charge in [0.05, 0.1) is 17.5 Å². The summed E-state index contributed by atoms with van der Waals surface area (Å²) in [6.07, 6.45) is -0.755. The smallest absolute Gasteiger partial charge is 0.381 e. The van der Waals surface area contributed by atoms with Crippen molar-refractivity contribution in [3.63, 3.8) is 0 Å². The van der Waals surface area contributed by atoms with Crippen molar-refractivity contribution in [2.45, 2.75) is 19.0 Å². The van der Waals surface area contributed by atoms with Crippen LogP contribution >= 0.6 is 11.6 Å². The number of carbonyl (C=O) groups is 1. The van der Waals surface area contributed by atoms with Crippen LogP contribution < -0.4 is 5.32 Å². The van der Waals surface area contributed by atoms with Crippen LogP contribution in [0, 0.1) is 5.92 Å². The van der Waals surface area contributed by atoms with Crippen molar-refractivity contribution >= 4 is 23.3 Å². The fourth-order valence-electron chi connectivity index (χ4n) is 3.44. The predicted octanol–water partition coefficient (Wildman–Crippen LogP) is 4.22. The predicted molar refractivity (Wildman–Crippen MR) is 104 cm³/mol. The summed E-state index contributed by atoms with van der Waals surface area (Å²) in [4.78, 5) is 20.3. The van der Waals surface area contributed by atoms with Crippen LogP contribution in [-0.2, 0) is 10.9 Å². The van der Waals surface area contributed by atoms with E-state index in [4.69, 9.17) is 16.3 Å². The Morgan fingerprint density at radius 2 is 2.07 bits per heavy atom. The normalized spacial score (nSPS) is 15.5. The maximum absolute atomic E-state index is 13.6. The number of benzene rings is 1. The summed E-state index contributed by atoms with van der Waals surface area (Å²) in [5, 5.41) is 3.09. The molecule has 0 saturated carbocycles. The van der Waals surface area contributed by atoms with Gasteiger partial charge in [-0.25, -0.2) is 9.97 Å². The molecule has 2 aromatic heterocycles. The van der Waals surface area contributed by atoms with Crippen LogP contribution in [0.4, 0.5) is 13.2 Å². The quantitative estimate of drug-likeness (QED) is 0.662. The van der Waals surface area contributed by atoms with E-state index in [1.54, 1.807) is 24.3 Å². The molecule has 0 atom stereocenters. The number of imidazole rings is 1. The van der Waals surface area contributed by atoms with Gasteiger partial charge in [-0.05, 0) is 30.9 Å². The molecule has 1 N–H and O–H groups in total. The lowest BCUT2D eigenvalue weighted by Crippen LogP contribution is -2.33. The van der Waals surface area contributed by atoms with E-state index in [9.17, 15) is 18.0 Å². The van der Waals surface area contributed by atoms with Gasteiger partial charge in [0.1, 0.15) is 0 Å². The van der Waals surface area contributed by atoms with E-state index in [0.29, 0.717) is 29.5 Å². The highest BCUT2D eigenvalue weighted by Crippen LogP contribution is 2.32. The second-order valence-electron chi connectivity index (χ2n) is 7.09. The van der Waals surface area contributed by atoms with E-state index < -0.39 is 23.3 Å². The molecule has 4 rings (SSSR count). The molecule has 3 heterocycles. The number of fused-ring (bicyclic) bond motifs is 1. The molecular weight excluding hydrogens is 421 g/mol. The van der Waals surface area contributed by atoms with Crippen LogP contribution in [0.15, 0.2) is 36.7 Å². The SMILES string of the molecule is O=C(NCC1CCOCC1)c1cn2c(-c3cccc(Cl)c3)cnc2nc1C(F)(F)F. The number of rotatable bonds is 4. The molecule has 0 unspecified atom stereocenters. The molecule has 1 saturated heterocycles. The average Bonchev–Trinajstić information content (AvgIpc) is 3.14. The highest BCUT2D eigenvalue weighted by Gasteiger charge is 2.38. The second-order valence-corrected chi connectivity index (χ2v) is 7.53. The van der Waals surface area contributed by atoms with E-state index in [-0.39, 0.29) is 18.2 Å². The highest BCUT2D eigenvalue weighted by atomic mass is 35.5. The van der Waals surface area contributed by atoms with Crippen LogP contribution in [0.25, 0.3) is 17.0 Å². The minimum Gasteiger partial charge on any atom is -0.381 e. The molecule has 1 aliphatic rings. The maximum atomic E-state index is 13.6. The van der Waals surface area contributed by atoms with Gasteiger partial charge >= 0.3 is 6.18 Å². The number of nitrogens with one attached hydrogen (secondary N) is 1. The Bertz CT molecular complexity index is 1080. The van der Waals surface area contributed by atoms with Crippen LogP contribution in [0.2, 0.25) is 5.02 Å². The zero-order valence-corrected chi connectivity index (χ0v) is 16.5. The van der Waals surface area contributed by atoms with Gasteiger partial charge in [-0.15, -0.1) is 0 Å². The van der Waals surface area contributed by atoms with Crippen molar-refractivity contribution in [2.75, 3.05) is 19.8 Å². The minimum absolute atomic E-state index is 0.154. The third kappa shape index (κ3) is 4.27. The number of carbonyl (C=O) groups excluding carboxylic acids is 1. The summed E-state index contributed by atoms with van der Waals surface area (Å²) >= 11 is 6.03. The van der Waals surface area contributed by atoms with Gasteiger partial charge < -0.3 is 10.1 Å². The zero-order chi connectivity index (χ0) is 21.3. The summed E-state index contributed by atoms with van der Waals surface area (Å²) in [6, 6.07) is 6.81. The van der Waals surface area contributed by atoms with Crippen molar-refractivity contribution in [1.29, 1.82) is 0 Å². The Kier molecular flexibility index (Phi) is 5.66. The third-order valence-corrected chi connectivity index (χ3v) is 5.26. The first-order valence-electron chi connectivity index (χ1n) is 9.40. The molecule has 30 heavy (non-hydrogen) atoms. The van der Waals surface area contributed by atoms with Gasteiger partial charge in [-0.3, -0.25) is 9.20 Å². The van der Waals surface area contributed by atoms with Gasteiger partial charge in [0.25, 0.3) is 5.91 Å². The lowest BCUT2D eigenvalue weighted by molar-refractivity contribution is -0.141. The molecule has 1 fully saturated rings. The third-order valence-electron chi connectivity index (χ3n) is 5.03. The summed E-state index contributed by atoms with van der Waals surface area (Å²) in [5.74, 6) is -0.809. The van der Waals surface area contributed by atoms with Crippen molar-refractivity contribution in [3.05, 3.63) is 52.9 Å². The standard InChI is InChI=1S/C20H18ClF3N4O2/c21-14-3-1-2-13(8-14)16-10-26-19-27-17(20(22,23)24)15(11-28(16)19)18(29)25-9-12-4-6-30-7-5-12/h1-3,8,10-12H,4-7,9H2,(H,25,29). The van der Waals surface area contributed by atoms with E-state index in [0.717, 1.165) is 19.0 Å². The van der Waals surface area contributed by atoms with Crippen molar-refractivity contribution in [2.24, 2.45) is 5.92 Å². The van der Waals surface area contributed by atoms with E-state index in [2.05, 4.69) is 15.3 Å². The molecule has 3 aromatic rings. The van der Waals surface area contributed by atoms with Crippen LogP contribution in [0.5, 0.6) is 0 Å². The number of hydrogen-bond donors (Lipinski definition) is 1. The number of aromatic nitrogens is 3. The van der Waals surface area contributed by atoms with Crippen LogP contribution in [0.3, 0.4) is 0 Å². The van der Waals surface area contributed by atoms with Crippen molar-refractivity contribution < 1.29 is 22.7 Å². The first-order chi connectivity index (χ1) is 14.3. The summed E-state index contributed by atoms with van der Waals surface area (Å²) in [6.45, 7) is 1.45. The molecular formula is C20H18ClF3N4O2. The molecule has 1 amide bonds. The largest absolute Gasteiger partial charge is 0.434 e. The molecule has 1 aliphatic heterocycles. The van der Waals surface area contributed by atoms with Gasteiger partial charge in [0, 0.05) is 36.5 Å². The van der Waals surface area contributed by atoms with Crippen LogP contribution in [-0.4, -0.2) is 40.0 Å². The molecule has 0 aliphatic carbocycles. The summed E-state index contributed by atoms with van der Waals surface area (Å²) in [5.41, 5.74) is -0.691. The number of amides is 1. The van der Waals surface area contributed by atoms with Gasteiger partial charge in [-0.2, -0.15) is 13.2 Å². The molecule has 10 heteroatoms. The summed E-state index contributed by atoms with van der Waals surface area (Å²) in [7, 11) is 0. The first-order valence-corrected chi connectivity index (χ1v) is 9.78. The van der Waals surface area contributed by atoms with Crippen molar-refractivity contribution in [1.82, 2.24) is 19.7 Å². The fraction of sp³-hybridized carbons (Fsp3) is 0.350. The second kappa shape index (κ2) is 8.23. The first kappa shape index (κ1) is 20.6. The molecule has 6 nitrogen and oxygen atoms in total. The zero-order valence-electron chi connectivity index (χ0n) is 15.7. The Morgan fingerprint density at radius 1 is 1.30 bits per heavy atom. The Morgan fingerprint density at radius 3 is 2.77 bits per heavy atom. The Labute approximate surface area is 175 Å². The number of halogens is 4. The van der Waals surface area contributed by atoms with Crippen LogP contribution in [0.1, 0.15) is 28.9 Å². The Balaban J connectivity index is 1.72. The van der Waals surface area contributed by atoms with Gasteiger partial charge in [-0.1, -0.05) is 23.7 Å². The maximum Gasteiger partial charge on any atom is 0.434 e. The number of nitrogens with zero attached hydrogens (tertiary/aromatic N) is 3. The van der Waals surface area contributed by atoms with Gasteiger partial charge in [0.15, 0.2) is 5.69 Å². The molecule has 158 valence electrons. The molecule has 0 radical (unpaired) electrons. The van der Waals surface area contributed by atoms with E-state index in [1.165, 1.54) is 10.6 Å². The number of hydrogen-bond acceptors (Lipinski definition) is 4. The van der Waals surface area contributed by atoms with Gasteiger partial charge in [0.2, 0.25) is 5.78 Å². The van der Waals surface area contributed by atoms with Crippen molar-refractivity contribution in [3.8, 4) is 11.3 Å². The topological polar surface area (TPSA) is 68.5 Å². The lowest BCUT2D eigenvalue weighted by atomic mass is 10.0. The number of ether oxygens (including phenoxy) is 1. The summed E-state index contributed by atoms with van der Waals surface area (Å²) < 4.78 is 47.4. The monoisotopic (exact) mass is 438 g/mol. The molecule has 0 bridgehead atoms. The van der Waals surface area contributed by atoms with E-state index >= 15 is 0 Å². The molecule has 1 aromatic carbocycles. The highest BCUT2D eigenvalue weighted by molar-refractivity contribution is 6.30. The average molecular weight is 439 g/mol. The molecule has 0 spiro atoms. The lowest BCUT2D eigenvalue weighted by Gasteiger charge is -2.22.